The van der Waals surface area contributed by atoms with Gasteiger partial charge >= 0.3 is 0 Å². The van der Waals surface area contributed by atoms with Crippen molar-refractivity contribution >= 4 is 16.8 Å². The van der Waals surface area contributed by atoms with Gasteiger partial charge in [-0.2, -0.15) is 5.10 Å². The fourth-order valence-corrected chi connectivity index (χ4v) is 2.59. The zero-order valence-corrected chi connectivity index (χ0v) is 12.2. The molecule has 0 saturated heterocycles. The van der Waals surface area contributed by atoms with Crippen LogP contribution in [0, 0.1) is 6.92 Å². The lowest BCUT2D eigenvalue weighted by molar-refractivity contribution is -0.132. The van der Waals surface area contributed by atoms with Crippen molar-refractivity contribution in [1.82, 2.24) is 15.3 Å². The molecule has 22 heavy (non-hydrogen) atoms. The Morgan fingerprint density at radius 3 is 2.68 bits per heavy atom. The topological polar surface area (TPSA) is 67.2 Å². The number of nitrogens with zero attached hydrogens (tertiary/aromatic N) is 2. The van der Waals surface area contributed by atoms with Crippen molar-refractivity contribution in [1.29, 1.82) is 0 Å². The summed E-state index contributed by atoms with van der Waals surface area (Å²) < 4.78 is 1.62. The number of hydroxylamine groups is 1. The lowest BCUT2D eigenvalue weighted by Gasteiger charge is -2.15. The Bertz CT molecular complexity index is 796. The first-order chi connectivity index (χ1) is 10.7. The van der Waals surface area contributed by atoms with Crippen LogP contribution in [0.2, 0.25) is 0 Å². The first kappa shape index (κ1) is 14.3. The van der Waals surface area contributed by atoms with Crippen molar-refractivity contribution in [2.45, 2.75) is 19.4 Å². The molecule has 0 bridgehead atoms. The predicted molar refractivity (Wildman–Crippen MR) is 83.6 cm³/mol. The van der Waals surface area contributed by atoms with Gasteiger partial charge < -0.3 is 0 Å². The summed E-state index contributed by atoms with van der Waals surface area (Å²) in [5.41, 5.74) is 4.67. The van der Waals surface area contributed by atoms with Crippen molar-refractivity contribution in [3.05, 3.63) is 65.9 Å². The minimum atomic E-state index is -0.598. The first-order valence-corrected chi connectivity index (χ1v) is 7.11. The monoisotopic (exact) mass is 295 g/mol. The van der Waals surface area contributed by atoms with E-state index in [1.807, 2.05) is 61.7 Å². The zero-order valence-electron chi connectivity index (χ0n) is 12.2. The fraction of sp³-hybridized carbons (Fsp3) is 0.176. The van der Waals surface area contributed by atoms with Gasteiger partial charge in [-0.25, -0.2) is 5.48 Å². The molecule has 3 aromatic rings. The van der Waals surface area contributed by atoms with Crippen LogP contribution < -0.4 is 5.48 Å². The van der Waals surface area contributed by atoms with E-state index in [1.165, 1.54) is 0 Å². The minimum absolute atomic E-state index is 0.459. The van der Waals surface area contributed by atoms with Crippen molar-refractivity contribution in [2.75, 3.05) is 0 Å². The summed E-state index contributed by atoms with van der Waals surface area (Å²) in [5, 5.41) is 14.5. The van der Waals surface area contributed by atoms with Gasteiger partial charge in [0, 0.05) is 18.0 Å². The van der Waals surface area contributed by atoms with Gasteiger partial charge in [0.2, 0.25) is 0 Å². The lowest BCUT2D eigenvalue weighted by Crippen LogP contribution is -2.32. The molecule has 0 spiro atoms. The Labute approximate surface area is 128 Å². The number of rotatable bonds is 4. The molecule has 5 heteroatoms. The Morgan fingerprint density at radius 2 is 2.00 bits per heavy atom. The third-order valence-electron chi connectivity index (χ3n) is 3.76. The molecule has 0 saturated carbocycles. The SMILES string of the molecule is Cc1cccc2cn(C(Cc3ccccc3)C(=O)NO)nc12. The number of nitrogens with one attached hydrogen (secondary N) is 1. The van der Waals surface area contributed by atoms with Gasteiger partial charge in [-0.15, -0.1) is 0 Å². The van der Waals surface area contributed by atoms with E-state index >= 15 is 0 Å². The molecule has 0 aliphatic heterocycles. The second-order valence-electron chi connectivity index (χ2n) is 5.30. The maximum atomic E-state index is 12.1. The molecule has 5 nitrogen and oxygen atoms in total. The van der Waals surface area contributed by atoms with Crippen molar-refractivity contribution in [2.24, 2.45) is 0 Å². The van der Waals surface area contributed by atoms with E-state index in [2.05, 4.69) is 5.10 Å². The van der Waals surface area contributed by atoms with Gasteiger partial charge in [-0.05, 0) is 18.1 Å². The second kappa shape index (κ2) is 5.99. The maximum absolute atomic E-state index is 12.1. The molecule has 3 rings (SSSR count). The average Bonchev–Trinajstić information content (AvgIpc) is 2.98. The van der Waals surface area contributed by atoms with Crippen LogP contribution in [-0.2, 0) is 11.2 Å². The largest absolute Gasteiger partial charge is 0.289 e. The van der Waals surface area contributed by atoms with Gasteiger partial charge in [-0.3, -0.25) is 14.7 Å². The summed E-state index contributed by atoms with van der Waals surface area (Å²) >= 11 is 0. The molecular formula is C17H17N3O2. The molecular weight excluding hydrogens is 278 g/mol. The summed E-state index contributed by atoms with van der Waals surface area (Å²) in [4.78, 5) is 12.1. The highest BCUT2D eigenvalue weighted by atomic mass is 16.5. The predicted octanol–water partition coefficient (Wildman–Crippen LogP) is 2.63. The van der Waals surface area contributed by atoms with Crippen LogP contribution in [-0.4, -0.2) is 20.9 Å². The molecule has 1 amide bonds. The number of hydrogen-bond donors (Lipinski definition) is 2. The van der Waals surface area contributed by atoms with E-state index in [-0.39, 0.29) is 0 Å². The molecule has 1 unspecified atom stereocenters. The number of carbonyl (C=O) groups is 1. The van der Waals surface area contributed by atoms with E-state index in [9.17, 15) is 4.79 Å². The molecule has 2 aromatic carbocycles. The highest BCUT2D eigenvalue weighted by Gasteiger charge is 2.22. The quantitative estimate of drug-likeness (QED) is 0.574. The van der Waals surface area contributed by atoms with Crippen molar-refractivity contribution in [3.63, 3.8) is 0 Å². The molecule has 0 fully saturated rings. The van der Waals surface area contributed by atoms with Crippen LogP contribution in [0.15, 0.2) is 54.7 Å². The summed E-state index contributed by atoms with van der Waals surface area (Å²) in [5.74, 6) is -0.477. The molecule has 112 valence electrons. The van der Waals surface area contributed by atoms with E-state index in [1.54, 1.807) is 10.2 Å². The smallest absolute Gasteiger partial charge is 0.268 e. The number of aromatic nitrogens is 2. The van der Waals surface area contributed by atoms with Crippen LogP contribution in [0.1, 0.15) is 17.2 Å². The Morgan fingerprint density at radius 1 is 1.23 bits per heavy atom. The van der Waals surface area contributed by atoms with Crippen LogP contribution >= 0.6 is 0 Å². The van der Waals surface area contributed by atoms with Gasteiger partial charge in [-0.1, -0.05) is 48.5 Å². The average molecular weight is 295 g/mol. The van der Waals surface area contributed by atoms with E-state index in [0.717, 1.165) is 22.0 Å². The summed E-state index contributed by atoms with van der Waals surface area (Å²) in [6, 6.07) is 15.0. The van der Waals surface area contributed by atoms with Gasteiger partial charge in [0.1, 0.15) is 6.04 Å². The second-order valence-corrected chi connectivity index (χ2v) is 5.30. The third-order valence-corrected chi connectivity index (χ3v) is 3.76. The Kier molecular flexibility index (Phi) is 3.89. The summed E-state index contributed by atoms with van der Waals surface area (Å²) in [7, 11) is 0. The van der Waals surface area contributed by atoms with Gasteiger partial charge in [0.25, 0.3) is 5.91 Å². The van der Waals surface area contributed by atoms with Gasteiger partial charge in [0.05, 0.1) is 5.52 Å². The van der Waals surface area contributed by atoms with E-state index in [4.69, 9.17) is 5.21 Å². The molecule has 1 heterocycles. The number of amides is 1. The van der Waals surface area contributed by atoms with Crippen LogP contribution in [0.3, 0.4) is 0 Å². The minimum Gasteiger partial charge on any atom is -0.289 e. The number of hydrogen-bond acceptors (Lipinski definition) is 3. The van der Waals surface area contributed by atoms with Crippen LogP contribution in [0.4, 0.5) is 0 Å². The van der Waals surface area contributed by atoms with Crippen molar-refractivity contribution < 1.29 is 10.0 Å². The number of benzene rings is 2. The highest BCUT2D eigenvalue weighted by molar-refractivity contribution is 5.83. The van der Waals surface area contributed by atoms with Crippen molar-refractivity contribution in [3.8, 4) is 0 Å². The first-order valence-electron chi connectivity index (χ1n) is 7.11. The molecule has 0 radical (unpaired) electrons. The van der Waals surface area contributed by atoms with Crippen LogP contribution in [0.25, 0.3) is 10.9 Å². The van der Waals surface area contributed by atoms with Gasteiger partial charge in [0.15, 0.2) is 0 Å². The standard InChI is InChI=1S/C17H17N3O2/c1-12-6-5-9-14-11-20(18-16(12)14)15(17(21)19-22)10-13-7-3-2-4-8-13/h2-9,11,15,22H,10H2,1H3,(H,19,21). The number of aryl methyl sites for hydroxylation is 1. The normalized spacial score (nSPS) is 12.3. The molecule has 2 N–H and O–H groups in total. The highest BCUT2D eigenvalue weighted by Crippen LogP contribution is 2.21. The summed E-state index contributed by atoms with van der Waals surface area (Å²) in [6.45, 7) is 1.98. The summed E-state index contributed by atoms with van der Waals surface area (Å²) in [6.07, 6.45) is 2.30. The molecule has 0 aliphatic rings. The van der Waals surface area contributed by atoms with E-state index < -0.39 is 11.9 Å². The number of fused-ring (bicyclic) bond motifs is 1. The molecule has 1 atom stereocenters. The lowest BCUT2D eigenvalue weighted by atomic mass is 10.1. The number of carbonyl (C=O) groups excluding carboxylic acids is 1. The maximum Gasteiger partial charge on any atom is 0.268 e. The fourth-order valence-electron chi connectivity index (χ4n) is 2.59. The molecule has 1 aromatic heterocycles. The third kappa shape index (κ3) is 2.71. The Hall–Kier alpha value is -2.66. The van der Waals surface area contributed by atoms with E-state index in [0.29, 0.717) is 6.42 Å². The molecule has 0 aliphatic carbocycles. The Balaban J connectivity index is 2.00. The van der Waals surface area contributed by atoms with Crippen LogP contribution in [0.5, 0.6) is 0 Å². The zero-order chi connectivity index (χ0) is 15.5.